The smallest absolute Gasteiger partial charge is 0.387 e. The fourth-order valence-corrected chi connectivity index (χ4v) is 2.03. The van der Waals surface area contributed by atoms with Gasteiger partial charge in [-0.1, -0.05) is 12.1 Å². The normalized spacial score (nSPS) is 11.3. The van der Waals surface area contributed by atoms with E-state index in [2.05, 4.69) is 15.3 Å². The topological polar surface area (TPSA) is 59.9 Å². The molecular formula is C18H18F2N2O3. The van der Waals surface area contributed by atoms with Gasteiger partial charge in [0.25, 0.3) is 5.91 Å². The van der Waals surface area contributed by atoms with Crippen LogP contribution in [-0.2, 0) is 0 Å². The first kappa shape index (κ1) is 18.4. The van der Waals surface area contributed by atoms with Crippen LogP contribution in [0.25, 0.3) is 0 Å². The summed E-state index contributed by atoms with van der Waals surface area (Å²) in [5.41, 5.74) is 3.87. The second kappa shape index (κ2) is 8.77. The van der Waals surface area contributed by atoms with Crippen LogP contribution >= 0.6 is 0 Å². The van der Waals surface area contributed by atoms with Gasteiger partial charge in [0, 0.05) is 11.1 Å². The Kier molecular flexibility index (Phi) is 6.45. The van der Waals surface area contributed by atoms with Crippen LogP contribution in [0, 0.1) is 0 Å². The highest BCUT2D eigenvalue weighted by molar-refractivity contribution is 6.01. The van der Waals surface area contributed by atoms with Gasteiger partial charge in [-0.2, -0.15) is 13.9 Å². The van der Waals surface area contributed by atoms with E-state index in [-0.39, 0.29) is 11.7 Å². The van der Waals surface area contributed by atoms with E-state index in [4.69, 9.17) is 4.74 Å². The number of nitrogens with one attached hydrogen (secondary N) is 1. The summed E-state index contributed by atoms with van der Waals surface area (Å²) in [6.07, 6.45) is 0. The van der Waals surface area contributed by atoms with Gasteiger partial charge in [0.2, 0.25) is 0 Å². The molecule has 0 bridgehead atoms. The first-order chi connectivity index (χ1) is 12.0. The van der Waals surface area contributed by atoms with Crippen LogP contribution in [0.2, 0.25) is 0 Å². The van der Waals surface area contributed by atoms with Crippen molar-refractivity contribution in [3.05, 3.63) is 59.7 Å². The number of hydrogen-bond donors (Lipinski definition) is 1. The summed E-state index contributed by atoms with van der Waals surface area (Å²) in [4.78, 5) is 12.1. The molecule has 1 amide bonds. The predicted molar refractivity (Wildman–Crippen MR) is 90.4 cm³/mol. The average Bonchev–Trinajstić information content (AvgIpc) is 2.60. The van der Waals surface area contributed by atoms with Crippen LogP contribution in [0.1, 0.15) is 29.8 Å². The van der Waals surface area contributed by atoms with Gasteiger partial charge in [0.1, 0.15) is 11.5 Å². The van der Waals surface area contributed by atoms with E-state index in [1.54, 1.807) is 43.3 Å². The van der Waals surface area contributed by atoms with Crippen LogP contribution in [0.15, 0.2) is 53.6 Å². The number of hydrazone groups is 1. The molecule has 0 fully saturated rings. The molecule has 2 aromatic carbocycles. The van der Waals surface area contributed by atoms with E-state index >= 15 is 0 Å². The Balaban J connectivity index is 2.03. The Morgan fingerprint density at radius 2 is 1.84 bits per heavy atom. The number of nitrogens with zero attached hydrogens (tertiary/aromatic N) is 1. The van der Waals surface area contributed by atoms with Crippen LogP contribution in [-0.4, -0.2) is 24.8 Å². The van der Waals surface area contributed by atoms with E-state index in [1.165, 1.54) is 12.1 Å². The van der Waals surface area contributed by atoms with Gasteiger partial charge >= 0.3 is 6.61 Å². The van der Waals surface area contributed by atoms with Gasteiger partial charge in [-0.3, -0.25) is 4.79 Å². The summed E-state index contributed by atoms with van der Waals surface area (Å²) < 4.78 is 34.2. The third-order valence-electron chi connectivity index (χ3n) is 3.23. The molecule has 5 nitrogen and oxygen atoms in total. The zero-order chi connectivity index (χ0) is 18.2. The maximum atomic E-state index is 12.3. The minimum Gasteiger partial charge on any atom is -0.494 e. The van der Waals surface area contributed by atoms with Gasteiger partial charge in [0.15, 0.2) is 0 Å². The molecule has 0 aliphatic carbocycles. The molecule has 0 unspecified atom stereocenters. The number of halogens is 2. The van der Waals surface area contributed by atoms with Crippen molar-refractivity contribution in [1.29, 1.82) is 0 Å². The zero-order valence-electron chi connectivity index (χ0n) is 13.8. The third-order valence-corrected chi connectivity index (χ3v) is 3.23. The Bertz CT molecular complexity index is 746. The number of hydrogen-bond acceptors (Lipinski definition) is 4. The molecule has 0 aliphatic rings. The largest absolute Gasteiger partial charge is 0.494 e. The molecule has 0 saturated carbocycles. The number of benzene rings is 2. The minimum absolute atomic E-state index is 0.0277. The molecule has 1 N–H and O–H groups in total. The highest BCUT2D eigenvalue weighted by atomic mass is 19.3. The molecule has 2 aromatic rings. The Labute approximate surface area is 144 Å². The fourth-order valence-electron chi connectivity index (χ4n) is 2.03. The lowest BCUT2D eigenvalue weighted by Crippen LogP contribution is -2.19. The number of alkyl halides is 2. The average molecular weight is 348 g/mol. The number of ether oxygens (including phenoxy) is 2. The molecule has 7 heteroatoms. The summed E-state index contributed by atoms with van der Waals surface area (Å²) in [6, 6.07) is 12.7. The maximum Gasteiger partial charge on any atom is 0.387 e. The summed E-state index contributed by atoms with van der Waals surface area (Å²) >= 11 is 0. The summed E-state index contributed by atoms with van der Waals surface area (Å²) in [5.74, 6) is 0.317. The summed E-state index contributed by atoms with van der Waals surface area (Å²) in [7, 11) is 0. The maximum absolute atomic E-state index is 12.3. The van der Waals surface area contributed by atoms with E-state index in [0.29, 0.717) is 29.2 Å². The minimum atomic E-state index is -2.90. The van der Waals surface area contributed by atoms with Crippen molar-refractivity contribution in [2.45, 2.75) is 20.5 Å². The predicted octanol–water partition coefficient (Wildman–Crippen LogP) is 3.84. The Hall–Kier alpha value is -2.96. The molecule has 132 valence electrons. The van der Waals surface area contributed by atoms with Gasteiger partial charge in [0.05, 0.1) is 12.3 Å². The van der Waals surface area contributed by atoms with Crippen LogP contribution in [0.3, 0.4) is 0 Å². The molecule has 0 atom stereocenters. The number of carbonyl (C=O) groups is 1. The van der Waals surface area contributed by atoms with Crippen molar-refractivity contribution in [1.82, 2.24) is 5.43 Å². The fraction of sp³-hybridized carbons (Fsp3) is 0.222. The second-order valence-electron chi connectivity index (χ2n) is 5.00. The lowest BCUT2D eigenvalue weighted by molar-refractivity contribution is -0.0498. The van der Waals surface area contributed by atoms with Crippen LogP contribution < -0.4 is 14.9 Å². The Morgan fingerprint density at radius 1 is 1.12 bits per heavy atom. The van der Waals surface area contributed by atoms with Crippen molar-refractivity contribution < 1.29 is 23.0 Å². The van der Waals surface area contributed by atoms with E-state index in [1.807, 2.05) is 6.92 Å². The zero-order valence-corrected chi connectivity index (χ0v) is 13.8. The molecule has 0 aromatic heterocycles. The number of rotatable bonds is 7. The highest BCUT2D eigenvalue weighted by Gasteiger charge is 2.08. The van der Waals surface area contributed by atoms with Crippen molar-refractivity contribution >= 4 is 11.6 Å². The molecular weight excluding hydrogens is 330 g/mol. The quantitative estimate of drug-likeness (QED) is 0.611. The van der Waals surface area contributed by atoms with Crippen molar-refractivity contribution in [2.24, 2.45) is 5.10 Å². The molecule has 2 rings (SSSR count). The molecule has 0 heterocycles. The molecule has 25 heavy (non-hydrogen) atoms. The van der Waals surface area contributed by atoms with Gasteiger partial charge in [-0.05, 0) is 50.2 Å². The van der Waals surface area contributed by atoms with Gasteiger partial charge < -0.3 is 9.47 Å². The molecule has 0 spiro atoms. The second-order valence-corrected chi connectivity index (χ2v) is 5.00. The van der Waals surface area contributed by atoms with Crippen molar-refractivity contribution in [2.75, 3.05) is 6.61 Å². The van der Waals surface area contributed by atoms with Gasteiger partial charge in [-0.15, -0.1) is 0 Å². The van der Waals surface area contributed by atoms with Crippen molar-refractivity contribution in [3.63, 3.8) is 0 Å². The summed E-state index contributed by atoms with van der Waals surface area (Å²) in [5, 5.41) is 3.99. The van der Waals surface area contributed by atoms with E-state index in [9.17, 15) is 13.6 Å². The molecule has 0 radical (unpaired) electrons. The molecule has 0 aliphatic heterocycles. The number of carbonyl (C=O) groups excluding carboxylic acids is 1. The van der Waals surface area contributed by atoms with Crippen LogP contribution in [0.5, 0.6) is 11.5 Å². The lowest BCUT2D eigenvalue weighted by Gasteiger charge is -2.07. The Morgan fingerprint density at radius 3 is 2.48 bits per heavy atom. The van der Waals surface area contributed by atoms with Crippen LogP contribution in [0.4, 0.5) is 8.78 Å². The lowest BCUT2D eigenvalue weighted by atomic mass is 10.1. The molecule has 0 saturated heterocycles. The van der Waals surface area contributed by atoms with E-state index < -0.39 is 6.61 Å². The highest BCUT2D eigenvalue weighted by Crippen LogP contribution is 2.16. The third kappa shape index (κ3) is 5.56. The van der Waals surface area contributed by atoms with Gasteiger partial charge in [-0.25, -0.2) is 5.43 Å². The number of amides is 1. The van der Waals surface area contributed by atoms with E-state index in [0.717, 1.165) is 0 Å². The first-order valence-electron chi connectivity index (χ1n) is 7.62. The monoisotopic (exact) mass is 348 g/mol. The SMILES string of the molecule is CCOc1ccc(C(=O)N/N=C(/C)c2cccc(OC(F)F)c2)cc1. The van der Waals surface area contributed by atoms with Crippen molar-refractivity contribution in [3.8, 4) is 11.5 Å². The standard InChI is InChI=1S/C18H18F2N2O3/c1-3-24-15-9-7-13(8-10-15)17(23)22-21-12(2)14-5-4-6-16(11-14)25-18(19)20/h4-11,18H,3H2,1-2H3,(H,22,23)/b21-12-. The summed E-state index contributed by atoms with van der Waals surface area (Å²) in [6.45, 7) is 1.18. The first-order valence-corrected chi connectivity index (χ1v) is 7.62.